The van der Waals surface area contributed by atoms with Crippen LogP contribution in [0.2, 0.25) is 0 Å². The largest absolute Gasteiger partial charge is 0.497 e. The number of carbonyl (C=O) groups is 2. The van der Waals surface area contributed by atoms with Gasteiger partial charge in [0.1, 0.15) is 5.75 Å². The predicted octanol–water partition coefficient (Wildman–Crippen LogP) is 3.24. The van der Waals surface area contributed by atoms with Gasteiger partial charge in [0.05, 0.1) is 13.2 Å². The van der Waals surface area contributed by atoms with Crippen molar-refractivity contribution in [3.8, 4) is 5.75 Å². The minimum absolute atomic E-state index is 0.0579. The number of ketones is 1. The first-order valence-electron chi connectivity index (χ1n) is 7.88. The average Bonchev–Trinajstić information content (AvgIpc) is 2.60. The van der Waals surface area contributed by atoms with Gasteiger partial charge in [-0.25, -0.2) is 0 Å². The molecule has 0 unspecified atom stereocenters. The van der Waals surface area contributed by atoms with E-state index >= 15 is 0 Å². The number of hydrogen-bond donors (Lipinski definition) is 1. The van der Waals surface area contributed by atoms with E-state index in [1.807, 2.05) is 26.0 Å². The molecule has 1 N–H and O–H groups in total. The summed E-state index contributed by atoms with van der Waals surface area (Å²) in [5, 5.41) is 2.89. The topological polar surface area (TPSA) is 68.3 Å². The van der Waals surface area contributed by atoms with Gasteiger partial charge in [0.15, 0.2) is 5.78 Å². The van der Waals surface area contributed by atoms with Crippen LogP contribution in [0.5, 0.6) is 5.75 Å². The van der Waals surface area contributed by atoms with Crippen LogP contribution in [0.3, 0.4) is 0 Å². The van der Waals surface area contributed by atoms with Crippen molar-refractivity contribution in [1.82, 2.24) is 10.3 Å². The third kappa shape index (κ3) is 4.91. The number of Topliss-reactive ketones (excluding diaryl/α,β-unsaturated/α-hetero) is 1. The van der Waals surface area contributed by atoms with Crippen LogP contribution in [0.4, 0.5) is 0 Å². The van der Waals surface area contributed by atoms with E-state index in [0.29, 0.717) is 11.3 Å². The molecule has 0 aliphatic heterocycles. The highest BCUT2D eigenvalue weighted by molar-refractivity contribution is 5.98. The van der Waals surface area contributed by atoms with Crippen molar-refractivity contribution >= 4 is 11.7 Å². The molecule has 2 aromatic rings. The van der Waals surface area contributed by atoms with Crippen LogP contribution >= 0.6 is 0 Å². The lowest BCUT2D eigenvalue weighted by molar-refractivity contribution is -0.121. The SMILES string of the molecule is COc1ccc(C(=O)CCC(=O)N[C@H](C)c2ccc(C)nc2)cc1. The molecule has 0 saturated heterocycles. The zero-order valence-corrected chi connectivity index (χ0v) is 14.2. The summed E-state index contributed by atoms with van der Waals surface area (Å²) in [5.74, 6) is 0.493. The molecule has 1 aromatic carbocycles. The number of carbonyl (C=O) groups excluding carboxylic acids is 2. The number of ether oxygens (including phenoxy) is 1. The molecule has 0 bridgehead atoms. The van der Waals surface area contributed by atoms with Crippen molar-refractivity contribution in [2.75, 3.05) is 7.11 Å². The molecule has 0 aliphatic carbocycles. The molecular formula is C19H22N2O3. The Kier molecular flexibility index (Phi) is 6.07. The zero-order chi connectivity index (χ0) is 17.5. The van der Waals surface area contributed by atoms with E-state index < -0.39 is 0 Å². The molecule has 0 spiro atoms. The molecule has 0 saturated carbocycles. The summed E-state index contributed by atoms with van der Waals surface area (Å²) in [6.07, 6.45) is 2.09. The number of hydrogen-bond acceptors (Lipinski definition) is 4. The van der Waals surface area contributed by atoms with Gasteiger partial charge in [-0.1, -0.05) is 6.07 Å². The molecule has 5 heteroatoms. The molecule has 0 aliphatic rings. The van der Waals surface area contributed by atoms with Gasteiger partial charge in [-0.3, -0.25) is 14.6 Å². The molecule has 126 valence electrons. The lowest BCUT2D eigenvalue weighted by Gasteiger charge is -2.14. The van der Waals surface area contributed by atoms with Crippen LogP contribution in [0.15, 0.2) is 42.6 Å². The van der Waals surface area contributed by atoms with Gasteiger partial charge < -0.3 is 10.1 Å². The third-order valence-electron chi connectivity index (χ3n) is 3.80. The quantitative estimate of drug-likeness (QED) is 0.793. The summed E-state index contributed by atoms with van der Waals surface area (Å²) >= 11 is 0. The Bertz CT molecular complexity index is 694. The van der Waals surface area contributed by atoms with Crippen molar-refractivity contribution in [1.29, 1.82) is 0 Å². The van der Waals surface area contributed by atoms with Gasteiger partial charge in [0.25, 0.3) is 0 Å². The summed E-state index contributed by atoms with van der Waals surface area (Å²) in [6, 6.07) is 10.6. The molecule has 1 heterocycles. The number of nitrogens with zero attached hydrogens (tertiary/aromatic N) is 1. The highest BCUT2D eigenvalue weighted by atomic mass is 16.5. The lowest BCUT2D eigenvalue weighted by atomic mass is 10.1. The summed E-state index contributed by atoms with van der Waals surface area (Å²) in [6.45, 7) is 3.81. The van der Waals surface area contributed by atoms with Crippen molar-refractivity contribution in [3.63, 3.8) is 0 Å². The first-order valence-corrected chi connectivity index (χ1v) is 7.88. The Hall–Kier alpha value is -2.69. The van der Waals surface area contributed by atoms with E-state index in [-0.39, 0.29) is 30.6 Å². The first kappa shape index (κ1) is 17.7. The van der Waals surface area contributed by atoms with E-state index in [1.165, 1.54) is 0 Å². The summed E-state index contributed by atoms with van der Waals surface area (Å²) in [5.41, 5.74) is 2.46. The van der Waals surface area contributed by atoms with Gasteiger partial charge in [-0.15, -0.1) is 0 Å². The smallest absolute Gasteiger partial charge is 0.220 e. The molecule has 5 nitrogen and oxygen atoms in total. The fourth-order valence-corrected chi connectivity index (χ4v) is 2.28. The van der Waals surface area contributed by atoms with Crippen LogP contribution in [0.1, 0.15) is 47.4 Å². The van der Waals surface area contributed by atoms with Crippen LogP contribution in [-0.2, 0) is 4.79 Å². The van der Waals surface area contributed by atoms with Crippen molar-refractivity contribution in [2.45, 2.75) is 32.7 Å². The summed E-state index contributed by atoms with van der Waals surface area (Å²) < 4.78 is 5.06. The van der Waals surface area contributed by atoms with Gasteiger partial charge in [0.2, 0.25) is 5.91 Å². The van der Waals surface area contributed by atoms with Crippen molar-refractivity contribution in [2.24, 2.45) is 0 Å². The minimum atomic E-state index is -0.148. The highest BCUT2D eigenvalue weighted by Crippen LogP contribution is 2.14. The maximum Gasteiger partial charge on any atom is 0.220 e. The molecule has 2 rings (SSSR count). The molecule has 0 fully saturated rings. The maximum absolute atomic E-state index is 12.1. The predicted molar refractivity (Wildman–Crippen MR) is 92.1 cm³/mol. The number of nitrogens with one attached hydrogen (secondary N) is 1. The molecule has 1 atom stereocenters. The number of aromatic nitrogens is 1. The van der Waals surface area contributed by atoms with E-state index in [9.17, 15) is 9.59 Å². The highest BCUT2D eigenvalue weighted by Gasteiger charge is 2.13. The molecule has 1 aromatic heterocycles. The number of methoxy groups -OCH3 is 1. The fraction of sp³-hybridized carbons (Fsp3) is 0.316. The van der Waals surface area contributed by atoms with Crippen LogP contribution in [0.25, 0.3) is 0 Å². The monoisotopic (exact) mass is 326 g/mol. The van der Waals surface area contributed by atoms with Gasteiger partial charge in [0, 0.05) is 30.3 Å². The lowest BCUT2D eigenvalue weighted by Crippen LogP contribution is -2.27. The fourth-order valence-electron chi connectivity index (χ4n) is 2.28. The number of aryl methyl sites for hydroxylation is 1. The molecule has 1 amide bonds. The van der Waals surface area contributed by atoms with Crippen LogP contribution in [0, 0.1) is 6.92 Å². The Morgan fingerprint density at radius 2 is 1.83 bits per heavy atom. The van der Waals surface area contributed by atoms with E-state index in [1.54, 1.807) is 37.6 Å². The number of pyridine rings is 1. The van der Waals surface area contributed by atoms with E-state index in [2.05, 4.69) is 10.3 Å². The second-order valence-corrected chi connectivity index (χ2v) is 5.67. The number of amides is 1. The summed E-state index contributed by atoms with van der Waals surface area (Å²) in [7, 11) is 1.58. The van der Waals surface area contributed by atoms with E-state index in [4.69, 9.17) is 4.74 Å². The first-order chi connectivity index (χ1) is 11.5. The molecule has 0 radical (unpaired) electrons. The van der Waals surface area contributed by atoms with Gasteiger partial charge in [-0.2, -0.15) is 0 Å². The summed E-state index contributed by atoms with van der Waals surface area (Å²) in [4.78, 5) is 28.4. The molecular weight excluding hydrogens is 304 g/mol. The Morgan fingerprint density at radius 3 is 2.42 bits per heavy atom. The number of benzene rings is 1. The standard InChI is InChI=1S/C19H22N2O3/c1-13-4-5-16(12-20-13)14(2)21-19(23)11-10-18(22)15-6-8-17(24-3)9-7-15/h4-9,12,14H,10-11H2,1-3H3,(H,21,23)/t14-/m1/s1. The second kappa shape index (κ2) is 8.24. The third-order valence-corrected chi connectivity index (χ3v) is 3.80. The Balaban J connectivity index is 1.83. The Morgan fingerprint density at radius 1 is 1.12 bits per heavy atom. The number of rotatable bonds is 7. The molecule has 24 heavy (non-hydrogen) atoms. The normalized spacial score (nSPS) is 11.6. The van der Waals surface area contributed by atoms with Crippen LogP contribution in [-0.4, -0.2) is 23.8 Å². The van der Waals surface area contributed by atoms with Crippen LogP contribution < -0.4 is 10.1 Å². The zero-order valence-electron chi connectivity index (χ0n) is 14.2. The maximum atomic E-state index is 12.1. The van der Waals surface area contributed by atoms with Crippen molar-refractivity contribution in [3.05, 3.63) is 59.4 Å². The van der Waals surface area contributed by atoms with Crippen molar-refractivity contribution < 1.29 is 14.3 Å². The second-order valence-electron chi connectivity index (χ2n) is 5.67. The van der Waals surface area contributed by atoms with E-state index in [0.717, 1.165) is 11.3 Å². The van der Waals surface area contributed by atoms with Gasteiger partial charge >= 0.3 is 0 Å². The van der Waals surface area contributed by atoms with Gasteiger partial charge in [-0.05, 0) is 49.7 Å². The Labute approximate surface area is 142 Å². The average molecular weight is 326 g/mol. The minimum Gasteiger partial charge on any atom is -0.497 e.